The van der Waals surface area contributed by atoms with Crippen molar-refractivity contribution < 1.29 is 4.79 Å². The van der Waals surface area contributed by atoms with Crippen LogP contribution in [0.2, 0.25) is 15.2 Å². The lowest BCUT2D eigenvalue weighted by Crippen LogP contribution is -2.24. The molecule has 0 aliphatic carbocycles. The maximum absolute atomic E-state index is 12.1. The summed E-state index contributed by atoms with van der Waals surface area (Å²) < 4.78 is 1.83. The molecule has 4 nitrogen and oxygen atoms in total. The molecule has 0 aliphatic heterocycles. The van der Waals surface area contributed by atoms with Crippen LogP contribution in [0.1, 0.15) is 24.2 Å². The van der Waals surface area contributed by atoms with Gasteiger partial charge < -0.3 is 5.32 Å². The van der Waals surface area contributed by atoms with Gasteiger partial charge in [0, 0.05) is 17.7 Å². The average Bonchev–Trinajstić information content (AvgIpc) is 3.08. The van der Waals surface area contributed by atoms with Crippen molar-refractivity contribution in [1.29, 1.82) is 0 Å². The van der Waals surface area contributed by atoms with Crippen LogP contribution in [0.4, 0.5) is 0 Å². The Bertz CT molecular complexity index is 932. The Hall–Kier alpha value is -1.53. The summed E-state index contributed by atoms with van der Waals surface area (Å²) in [5, 5.41) is 6.07. The van der Waals surface area contributed by atoms with Crippen molar-refractivity contribution in [2.45, 2.75) is 13.0 Å². The Kier molecular flexibility index (Phi) is 5.15. The summed E-state index contributed by atoms with van der Waals surface area (Å²) in [5.74, 6) is -0.241. The fourth-order valence-corrected chi connectivity index (χ4v) is 3.52. The van der Waals surface area contributed by atoms with E-state index < -0.39 is 0 Å². The molecule has 8 heteroatoms. The van der Waals surface area contributed by atoms with Crippen molar-refractivity contribution in [1.82, 2.24) is 14.7 Å². The molecule has 0 aliphatic rings. The van der Waals surface area contributed by atoms with Crippen molar-refractivity contribution in [3.8, 4) is 0 Å². The SMILES string of the molecule is CC(NC(=O)/C=C/c1c(Cl)nc2sccn12)c1ccc(Cl)c(Cl)c1. The Morgan fingerprint density at radius 1 is 1.33 bits per heavy atom. The number of rotatable bonds is 4. The van der Waals surface area contributed by atoms with Gasteiger partial charge in [-0.15, -0.1) is 11.3 Å². The molecule has 0 fully saturated rings. The van der Waals surface area contributed by atoms with Gasteiger partial charge in [0.1, 0.15) is 0 Å². The molecule has 1 amide bonds. The maximum Gasteiger partial charge on any atom is 0.244 e. The van der Waals surface area contributed by atoms with E-state index >= 15 is 0 Å². The van der Waals surface area contributed by atoms with Gasteiger partial charge in [-0.2, -0.15) is 0 Å². The van der Waals surface area contributed by atoms with Gasteiger partial charge in [0.25, 0.3) is 0 Å². The van der Waals surface area contributed by atoms with Gasteiger partial charge in [0.05, 0.1) is 21.8 Å². The molecule has 1 unspecified atom stereocenters. The van der Waals surface area contributed by atoms with Gasteiger partial charge in [0.15, 0.2) is 10.1 Å². The Labute approximate surface area is 157 Å². The van der Waals surface area contributed by atoms with E-state index in [-0.39, 0.29) is 11.9 Å². The highest BCUT2D eigenvalue weighted by Crippen LogP contribution is 2.26. The van der Waals surface area contributed by atoms with E-state index in [0.717, 1.165) is 10.5 Å². The second-order valence-corrected chi connectivity index (χ2v) is 7.13. The third-order valence-corrected chi connectivity index (χ3v) is 5.22. The fraction of sp³-hybridized carbons (Fsp3) is 0.125. The highest BCUT2D eigenvalue weighted by Gasteiger charge is 2.11. The van der Waals surface area contributed by atoms with Crippen LogP contribution in [0.5, 0.6) is 0 Å². The standard InChI is InChI=1S/C16H12Cl3N3OS/c1-9(10-2-3-11(17)12(18)8-10)20-14(23)5-4-13-15(19)21-16-22(13)6-7-24-16/h2-9H,1H3,(H,20,23)/b5-4+. The van der Waals surface area contributed by atoms with Crippen molar-refractivity contribution >= 4 is 63.1 Å². The molecule has 124 valence electrons. The molecule has 0 spiro atoms. The number of benzene rings is 1. The number of carbonyl (C=O) groups excluding carboxylic acids is 1. The number of hydrogen-bond acceptors (Lipinski definition) is 3. The number of carbonyl (C=O) groups is 1. The highest BCUT2D eigenvalue weighted by atomic mass is 35.5. The van der Waals surface area contributed by atoms with Crippen molar-refractivity contribution in [3.05, 3.63) is 62.3 Å². The summed E-state index contributed by atoms with van der Waals surface area (Å²) in [4.78, 5) is 17.1. The Morgan fingerprint density at radius 3 is 2.88 bits per heavy atom. The largest absolute Gasteiger partial charge is 0.346 e. The van der Waals surface area contributed by atoms with E-state index in [0.29, 0.717) is 20.9 Å². The smallest absolute Gasteiger partial charge is 0.244 e. The Morgan fingerprint density at radius 2 is 2.12 bits per heavy atom. The zero-order valence-corrected chi connectivity index (χ0v) is 15.5. The van der Waals surface area contributed by atoms with Crippen LogP contribution < -0.4 is 5.32 Å². The molecule has 0 radical (unpaired) electrons. The summed E-state index contributed by atoms with van der Waals surface area (Å²) in [6.07, 6.45) is 4.93. The number of hydrogen-bond donors (Lipinski definition) is 1. The predicted octanol–water partition coefficient (Wildman–Crippen LogP) is 5.25. The van der Waals surface area contributed by atoms with Crippen LogP contribution in [0.25, 0.3) is 11.0 Å². The van der Waals surface area contributed by atoms with E-state index in [1.807, 2.05) is 29.0 Å². The molecular formula is C16H12Cl3N3OS. The number of halogens is 3. The topological polar surface area (TPSA) is 46.4 Å². The summed E-state index contributed by atoms with van der Waals surface area (Å²) in [6.45, 7) is 1.87. The normalized spacial score (nSPS) is 12.8. The fourth-order valence-electron chi connectivity index (χ4n) is 2.21. The molecule has 0 bridgehead atoms. The zero-order valence-electron chi connectivity index (χ0n) is 12.5. The quantitative estimate of drug-likeness (QED) is 0.608. The lowest BCUT2D eigenvalue weighted by molar-refractivity contribution is -0.117. The minimum atomic E-state index is -0.241. The van der Waals surface area contributed by atoms with E-state index in [4.69, 9.17) is 34.8 Å². The molecule has 2 aromatic heterocycles. The molecule has 24 heavy (non-hydrogen) atoms. The van der Waals surface area contributed by atoms with E-state index in [1.54, 1.807) is 18.2 Å². The Balaban J connectivity index is 1.71. The van der Waals surface area contributed by atoms with Gasteiger partial charge in [-0.1, -0.05) is 40.9 Å². The van der Waals surface area contributed by atoms with Crippen LogP contribution in [-0.2, 0) is 4.79 Å². The maximum atomic E-state index is 12.1. The van der Waals surface area contributed by atoms with Gasteiger partial charge in [-0.25, -0.2) is 4.98 Å². The molecule has 0 saturated heterocycles. The van der Waals surface area contributed by atoms with E-state index in [9.17, 15) is 4.79 Å². The second-order valence-electron chi connectivity index (χ2n) is 5.08. The van der Waals surface area contributed by atoms with Gasteiger partial charge in [-0.3, -0.25) is 9.20 Å². The number of nitrogens with one attached hydrogen (secondary N) is 1. The number of amides is 1. The first-order valence-corrected chi connectivity index (χ1v) is 9.01. The number of aromatic nitrogens is 2. The van der Waals surface area contributed by atoms with Gasteiger partial charge in [-0.05, 0) is 30.7 Å². The lowest BCUT2D eigenvalue weighted by Gasteiger charge is -2.13. The molecular weight excluding hydrogens is 389 g/mol. The number of fused-ring (bicyclic) bond motifs is 1. The predicted molar refractivity (Wildman–Crippen MR) is 100 cm³/mol. The van der Waals surface area contributed by atoms with Gasteiger partial charge >= 0.3 is 0 Å². The minimum Gasteiger partial charge on any atom is -0.346 e. The summed E-state index contributed by atoms with van der Waals surface area (Å²) in [7, 11) is 0. The first-order valence-electron chi connectivity index (χ1n) is 7.00. The van der Waals surface area contributed by atoms with Crippen molar-refractivity contribution in [2.75, 3.05) is 0 Å². The molecule has 3 aromatic rings. The summed E-state index contributed by atoms with van der Waals surface area (Å²) >= 11 is 19.5. The van der Waals surface area contributed by atoms with Crippen molar-refractivity contribution in [2.24, 2.45) is 0 Å². The van der Waals surface area contributed by atoms with E-state index in [2.05, 4.69) is 10.3 Å². The lowest BCUT2D eigenvalue weighted by atomic mass is 10.1. The number of thiazole rings is 1. The second kappa shape index (κ2) is 7.15. The highest BCUT2D eigenvalue weighted by molar-refractivity contribution is 7.15. The van der Waals surface area contributed by atoms with Crippen LogP contribution in [0, 0.1) is 0 Å². The molecule has 1 atom stereocenters. The van der Waals surface area contributed by atoms with Crippen molar-refractivity contribution in [3.63, 3.8) is 0 Å². The number of nitrogens with zero attached hydrogens (tertiary/aromatic N) is 2. The third-order valence-electron chi connectivity index (χ3n) is 3.45. The molecule has 3 rings (SSSR count). The first-order chi connectivity index (χ1) is 11.5. The van der Waals surface area contributed by atoms with Crippen LogP contribution >= 0.6 is 46.1 Å². The first kappa shape index (κ1) is 17.3. The third kappa shape index (κ3) is 3.59. The zero-order chi connectivity index (χ0) is 17.3. The average molecular weight is 401 g/mol. The van der Waals surface area contributed by atoms with Crippen LogP contribution in [-0.4, -0.2) is 15.3 Å². The molecule has 1 aromatic carbocycles. The monoisotopic (exact) mass is 399 g/mol. The number of imidazole rings is 1. The van der Waals surface area contributed by atoms with Gasteiger partial charge in [0.2, 0.25) is 5.91 Å². The summed E-state index contributed by atoms with van der Waals surface area (Å²) in [6, 6.07) is 5.06. The molecule has 0 saturated carbocycles. The molecule has 1 N–H and O–H groups in total. The molecule has 2 heterocycles. The summed E-state index contributed by atoms with van der Waals surface area (Å²) in [5.41, 5.74) is 1.54. The van der Waals surface area contributed by atoms with E-state index in [1.165, 1.54) is 17.4 Å². The van der Waals surface area contributed by atoms with Crippen LogP contribution in [0.3, 0.4) is 0 Å². The minimum absolute atomic E-state index is 0.209. The van der Waals surface area contributed by atoms with Crippen LogP contribution in [0.15, 0.2) is 35.9 Å².